The molecule has 0 spiro atoms. The van der Waals surface area contributed by atoms with Gasteiger partial charge in [0.25, 0.3) is 5.91 Å². The highest BCUT2D eigenvalue weighted by molar-refractivity contribution is 5.95. The van der Waals surface area contributed by atoms with Gasteiger partial charge in [0.15, 0.2) is 17.6 Å². The Balaban J connectivity index is 1.21. The average Bonchev–Trinajstić information content (AvgIpc) is 2.79. The number of amides is 1. The fourth-order valence-electron chi connectivity index (χ4n) is 4.54. The van der Waals surface area contributed by atoms with Gasteiger partial charge in [-0.1, -0.05) is 17.7 Å². The lowest BCUT2D eigenvalue weighted by molar-refractivity contribution is 0.0530. The largest absolute Gasteiger partial charge is 0.490 e. The fourth-order valence-corrected chi connectivity index (χ4v) is 4.54. The van der Waals surface area contributed by atoms with Crippen molar-refractivity contribution < 1.29 is 19.0 Å². The molecule has 3 fully saturated rings. The van der Waals surface area contributed by atoms with Gasteiger partial charge in [0.1, 0.15) is 19.0 Å². The van der Waals surface area contributed by atoms with Crippen molar-refractivity contribution in [2.45, 2.75) is 31.9 Å². The summed E-state index contributed by atoms with van der Waals surface area (Å²) in [7, 11) is 0. The van der Waals surface area contributed by atoms with Gasteiger partial charge in [0.2, 0.25) is 0 Å². The van der Waals surface area contributed by atoms with Crippen LogP contribution in [0.25, 0.3) is 0 Å². The summed E-state index contributed by atoms with van der Waals surface area (Å²) in [6.45, 7) is 6.13. The van der Waals surface area contributed by atoms with E-state index in [0.717, 1.165) is 25.4 Å². The van der Waals surface area contributed by atoms with Crippen molar-refractivity contribution in [1.29, 1.82) is 0 Å². The van der Waals surface area contributed by atoms with E-state index in [1.54, 1.807) is 6.07 Å². The molecule has 2 aromatic rings. The van der Waals surface area contributed by atoms with E-state index in [4.69, 9.17) is 14.2 Å². The van der Waals surface area contributed by atoms with E-state index >= 15 is 0 Å². The van der Waals surface area contributed by atoms with Crippen LogP contribution in [0.5, 0.6) is 17.2 Å². The van der Waals surface area contributed by atoms with Gasteiger partial charge in [0.05, 0.1) is 0 Å². The first-order valence-corrected chi connectivity index (χ1v) is 10.8. The van der Waals surface area contributed by atoms with Gasteiger partial charge in [-0.15, -0.1) is 0 Å². The number of hydrogen-bond donors (Lipinski definition) is 1. The van der Waals surface area contributed by atoms with Crippen LogP contribution in [0.2, 0.25) is 0 Å². The molecule has 2 atom stereocenters. The highest BCUT2D eigenvalue weighted by Crippen LogP contribution is 2.33. The van der Waals surface area contributed by atoms with Gasteiger partial charge < -0.3 is 24.4 Å². The van der Waals surface area contributed by atoms with Gasteiger partial charge in [-0.2, -0.15) is 0 Å². The van der Waals surface area contributed by atoms with E-state index in [1.165, 1.54) is 18.4 Å². The number of nitrogens with one attached hydrogen (secondary N) is 1. The van der Waals surface area contributed by atoms with Crippen LogP contribution >= 0.6 is 0 Å². The number of ether oxygens (including phenoxy) is 3. The van der Waals surface area contributed by atoms with Crippen LogP contribution in [0.3, 0.4) is 0 Å². The van der Waals surface area contributed by atoms with Gasteiger partial charge in [-0.25, -0.2) is 0 Å². The van der Waals surface area contributed by atoms with Crippen LogP contribution in [0.1, 0.15) is 28.8 Å². The SMILES string of the molecule is Cc1ccc(OC[C@H]2COc3ccc(C(=O)N[C@H]4CN5CCC4CC5)cc3O2)cc1. The molecule has 2 aromatic carbocycles. The third-order valence-corrected chi connectivity index (χ3v) is 6.35. The van der Waals surface area contributed by atoms with E-state index in [0.29, 0.717) is 36.2 Å². The van der Waals surface area contributed by atoms with Crippen molar-refractivity contribution in [2.75, 3.05) is 32.8 Å². The van der Waals surface area contributed by atoms with Crippen molar-refractivity contribution in [3.63, 3.8) is 0 Å². The first-order valence-electron chi connectivity index (χ1n) is 10.8. The molecule has 2 bridgehead atoms. The van der Waals surface area contributed by atoms with Gasteiger partial charge >= 0.3 is 0 Å². The molecule has 0 aromatic heterocycles. The molecule has 4 aliphatic rings. The summed E-state index contributed by atoms with van der Waals surface area (Å²) in [6, 6.07) is 13.6. The van der Waals surface area contributed by atoms with Crippen LogP contribution in [-0.2, 0) is 0 Å². The summed E-state index contributed by atoms with van der Waals surface area (Å²) in [5.41, 5.74) is 1.80. The number of nitrogens with zero attached hydrogens (tertiary/aromatic N) is 1. The molecule has 1 N–H and O–H groups in total. The number of carbonyl (C=O) groups excluding carboxylic acids is 1. The number of rotatable bonds is 5. The number of benzene rings is 2. The molecule has 6 heteroatoms. The van der Waals surface area contributed by atoms with Crippen LogP contribution in [0.15, 0.2) is 42.5 Å². The zero-order valence-electron chi connectivity index (χ0n) is 17.3. The number of hydrogen-bond acceptors (Lipinski definition) is 5. The van der Waals surface area contributed by atoms with Crippen molar-refractivity contribution in [3.8, 4) is 17.2 Å². The molecular formula is C24H28N2O4. The number of aryl methyl sites for hydroxylation is 1. The Morgan fingerprint density at radius 2 is 1.93 bits per heavy atom. The number of carbonyl (C=O) groups is 1. The van der Waals surface area contributed by atoms with Crippen molar-refractivity contribution in [3.05, 3.63) is 53.6 Å². The fraction of sp³-hybridized carbons (Fsp3) is 0.458. The van der Waals surface area contributed by atoms with Crippen molar-refractivity contribution in [2.24, 2.45) is 5.92 Å². The maximum atomic E-state index is 12.8. The van der Waals surface area contributed by atoms with E-state index < -0.39 is 0 Å². The number of fused-ring (bicyclic) bond motifs is 4. The molecule has 6 rings (SSSR count). The maximum Gasteiger partial charge on any atom is 0.251 e. The average molecular weight is 408 g/mol. The van der Waals surface area contributed by atoms with E-state index in [2.05, 4.69) is 10.2 Å². The summed E-state index contributed by atoms with van der Waals surface area (Å²) in [5, 5.41) is 3.23. The molecule has 4 aliphatic heterocycles. The highest BCUT2D eigenvalue weighted by atomic mass is 16.6. The third kappa shape index (κ3) is 4.10. The Hall–Kier alpha value is -2.73. The minimum Gasteiger partial charge on any atom is -0.490 e. The Morgan fingerprint density at radius 1 is 1.13 bits per heavy atom. The molecule has 4 heterocycles. The molecule has 0 radical (unpaired) electrons. The molecule has 158 valence electrons. The Kier molecular flexibility index (Phi) is 5.25. The Morgan fingerprint density at radius 3 is 2.67 bits per heavy atom. The van der Waals surface area contributed by atoms with Gasteiger partial charge in [0, 0.05) is 18.2 Å². The van der Waals surface area contributed by atoms with Crippen molar-refractivity contribution in [1.82, 2.24) is 10.2 Å². The third-order valence-electron chi connectivity index (χ3n) is 6.35. The lowest BCUT2D eigenvalue weighted by atomic mass is 9.84. The predicted molar refractivity (Wildman–Crippen MR) is 113 cm³/mol. The van der Waals surface area contributed by atoms with Gasteiger partial charge in [-0.3, -0.25) is 4.79 Å². The lowest BCUT2D eigenvalue weighted by Gasteiger charge is -2.44. The van der Waals surface area contributed by atoms with Crippen LogP contribution in [-0.4, -0.2) is 55.8 Å². The molecule has 1 amide bonds. The summed E-state index contributed by atoms with van der Waals surface area (Å²) in [6.07, 6.45) is 2.13. The topological polar surface area (TPSA) is 60.0 Å². The van der Waals surface area contributed by atoms with Crippen molar-refractivity contribution >= 4 is 5.91 Å². The summed E-state index contributed by atoms with van der Waals surface area (Å²) >= 11 is 0. The second-order valence-electron chi connectivity index (χ2n) is 8.55. The second kappa shape index (κ2) is 8.19. The zero-order chi connectivity index (χ0) is 20.5. The molecule has 0 unspecified atom stereocenters. The Bertz CT molecular complexity index is 906. The first-order chi connectivity index (χ1) is 14.6. The quantitative estimate of drug-likeness (QED) is 0.824. The smallest absolute Gasteiger partial charge is 0.251 e. The van der Waals surface area contributed by atoms with E-state index in [9.17, 15) is 4.79 Å². The summed E-state index contributed by atoms with van der Waals surface area (Å²) in [4.78, 5) is 15.3. The highest BCUT2D eigenvalue weighted by Gasteiger charge is 2.35. The zero-order valence-corrected chi connectivity index (χ0v) is 17.3. The van der Waals surface area contributed by atoms with Crippen LogP contribution < -0.4 is 19.5 Å². The summed E-state index contributed by atoms with van der Waals surface area (Å²) < 4.78 is 17.7. The van der Waals surface area contributed by atoms with Crippen LogP contribution in [0, 0.1) is 12.8 Å². The number of piperidine rings is 3. The normalized spacial score (nSPS) is 26.8. The molecule has 6 nitrogen and oxygen atoms in total. The van der Waals surface area contributed by atoms with Crippen LogP contribution in [0.4, 0.5) is 0 Å². The molecule has 0 saturated carbocycles. The Labute approximate surface area is 177 Å². The standard InChI is InChI=1S/C24H28N2O4/c1-16-2-5-19(6-3-16)28-14-20-15-29-22-7-4-18(12-23(22)30-20)24(27)25-21-13-26-10-8-17(21)9-11-26/h2-7,12,17,20-21H,8-11,13-15H2,1H3,(H,25,27)/t20-,21-/m0/s1. The first kappa shape index (κ1) is 19.2. The minimum atomic E-state index is -0.223. The second-order valence-corrected chi connectivity index (χ2v) is 8.55. The predicted octanol–water partition coefficient (Wildman–Crippen LogP) is 3.04. The lowest BCUT2D eigenvalue weighted by Crippen LogP contribution is -2.57. The molecule has 0 aliphatic carbocycles. The van der Waals surface area contributed by atoms with Gasteiger partial charge in [-0.05, 0) is 69.1 Å². The molecule has 3 saturated heterocycles. The maximum absolute atomic E-state index is 12.8. The monoisotopic (exact) mass is 408 g/mol. The minimum absolute atomic E-state index is 0.0434. The van der Waals surface area contributed by atoms with E-state index in [1.807, 2.05) is 43.3 Å². The molecular weight excluding hydrogens is 380 g/mol. The van der Waals surface area contributed by atoms with E-state index in [-0.39, 0.29) is 18.1 Å². The molecule has 30 heavy (non-hydrogen) atoms. The summed E-state index contributed by atoms with van der Waals surface area (Å²) in [5.74, 6) is 2.62.